The Hall–Kier alpha value is -1.09. The summed E-state index contributed by atoms with van der Waals surface area (Å²) in [4.78, 5) is 4.16. The van der Waals surface area contributed by atoms with Crippen LogP contribution in [0.5, 0.6) is 0 Å². The van der Waals surface area contributed by atoms with Gasteiger partial charge in [-0.2, -0.15) is 0 Å². The molecular weight excluding hydrogens is 227 g/mol. The van der Waals surface area contributed by atoms with E-state index in [0.717, 1.165) is 24.1 Å². The fourth-order valence-electron chi connectivity index (χ4n) is 2.80. The number of fused-ring (bicyclic) bond motifs is 3. The third-order valence-corrected chi connectivity index (χ3v) is 3.85. The molecule has 1 fully saturated rings. The topological polar surface area (TPSA) is 38.4 Å². The quantitative estimate of drug-likeness (QED) is 0.740. The maximum absolute atomic E-state index is 14.7. The van der Waals surface area contributed by atoms with Gasteiger partial charge < -0.3 is 5.73 Å². The fourth-order valence-corrected chi connectivity index (χ4v) is 2.98. The minimum Gasteiger partial charge on any atom is -0.384 e. The number of nitrogens with zero attached hydrogens (tertiary/aromatic N) is 1. The summed E-state index contributed by atoms with van der Waals surface area (Å²) >= 11 is 5.95. The van der Waals surface area contributed by atoms with Crippen molar-refractivity contribution in [3.05, 3.63) is 28.8 Å². The Labute approximate surface area is 98.3 Å². The maximum Gasteiger partial charge on any atom is 0.174 e. The number of rotatable bonds is 0. The normalized spacial score (nSPS) is 31.9. The Kier molecular flexibility index (Phi) is 2.02. The molecule has 16 heavy (non-hydrogen) atoms. The van der Waals surface area contributed by atoms with Gasteiger partial charge in [-0.15, -0.1) is 0 Å². The molecule has 2 aliphatic rings. The van der Waals surface area contributed by atoms with Crippen LogP contribution in [0, 0.1) is 0 Å². The van der Waals surface area contributed by atoms with Crippen LogP contribution in [-0.2, 0) is 0 Å². The van der Waals surface area contributed by atoms with E-state index in [0.29, 0.717) is 11.4 Å². The molecule has 0 radical (unpaired) electrons. The first-order valence-corrected chi connectivity index (χ1v) is 5.82. The molecule has 1 aliphatic heterocycles. The van der Waals surface area contributed by atoms with Crippen molar-refractivity contribution in [3.8, 4) is 0 Å². The maximum atomic E-state index is 14.7. The summed E-state index contributed by atoms with van der Waals surface area (Å²) in [6.07, 6.45) is 2.14. The number of hydrogen-bond donors (Lipinski definition) is 1. The van der Waals surface area contributed by atoms with Gasteiger partial charge in [-0.25, -0.2) is 9.38 Å². The average Bonchev–Trinajstić information content (AvgIpc) is 2.64. The molecular formula is C12H12ClFN2. The van der Waals surface area contributed by atoms with Gasteiger partial charge in [0.15, 0.2) is 5.67 Å². The lowest BCUT2D eigenvalue weighted by atomic mass is 9.82. The lowest BCUT2D eigenvalue weighted by Gasteiger charge is -2.31. The van der Waals surface area contributed by atoms with E-state index >= 15 is 0 Å². The highest BCUT2D eigenvalue weighted by atomic mass is 35.5. The van der Waals surface area contributed by atoms with E-state index in [1.54, 1.807) is 6.07 Å². The lowest BCUT2D eigenvalue weighted by molar-refractivity contribution is 0.232. The molecule has 1 heterocycles. The summed E-state index contributed by atoms with van der Waals surface area (Å²) in [5.41, 5.74) is 5.97. The SMILES string of the molecule is NC1=Nc2ccc(Cl)cc2C2CCCC12F. The van der Waals surface area contributed by atoms with E-state index in [2.05, 4.69) is 4.99 Å². The molecule has 1 aromatic carbocycles. The Balaban J connectivity index is 2.22. The van der Waals surface area contributed by atoms with Crippen LogP contribution >= 0.6 is 11.6 Å². The van der Waals surface area contributed by atoms with Crippen LogP contribution in [-0.4, -0.2) is 11.5 Å². The third-order valence-electron chi connectivity index (χ3n) is 3.62. The predicted molar refractivity (Wildman–Crippen MR) is 63.2 cm³/mol. The monoisotopic (exact) mass is 238 g/mol. The van der Waals surface area contributed by atoms with Crippen molar-refractivity contribution in [2.24, 2.45) is 10.7 Å². The summed E-state index contributed by atoms with van der Waals surface area (Å²) < 4.78 is 14.7. The Morgan fingerprint density at radius 1 is 1.50 bits per heavy atom. The highest BCUT2D eigenvalue weighted by molar-refractivity contribution is 6.30. The molecule has 0 aromatic heterocycles. The van der Waals surface area contributed by atoms with Gasteiger partial charge in [0.1, 0.15) is 5.84 Å². The highest BCUT2D eigenvalue weighted by Crippen LogP contribution is 2.51. The first kappa shape index (κ1) is 10.1. The molecule has 0 spiro atoms. The Morgan fingerprint density at radius 3 is 3.12 bits per heavy atom. The zero-order valence-electron chi connectivity index (χ0n) is 8.71. The minimum atomic E-state index is -1.45. The molecule has 84 valence electrons. The number of halogens is 2. The largest absolute Gasteiger partial charge is 0.384 e. The Morgan fingerprint density at radius 2 is 2.31 bits per heavy atom. The van der Waals surface area contributed by atoms with Gasteiger partial charge in [0.05, 0.1) is 5.69 Å². The zero-order valence-corrected chi connectivity index (χ0v) is 9.47. The van der Waals surface area contributed by atoms with Crippen molar-refractivity contribution < 1.29 is 4.39 Å². The van der Waals surface area contributed by atoms with Crippen molar-refractivity contribution >= 4 is 23.1 Å². The highest BCUT2D eigenvalue weighted by Gasteiger charge is 2.50. The smallest absolute Gasteiger partial charge is 0.174 e. The van der Waals surface area contributed by atoms with Gasteiger partial charge in [0, 0.05) is 10.9 Å². The van der Waals surface area contributed by atoms with Crippen LogP contribution in [0.3, 0.4) is 0 Å². The van der Waals surface area contributed by atoms with Gasteiger partial charge >= 0.3 is 0 Å². The molecule has 4 heteroatoms. The molecule has 2 atom stereocenters. The molecule has 2 N–H and O–H groups in total. The molecule has 0 saturated heterocycles. The molecule has 1 aliphatic carbocycles. The number of benzene rings is 1. The second kappa shape index (κ2) is 3.20. The van der Waals surface area contributed by atoms with E-state index in [9.17, 15) is 4.39 Å². The minimum absolute atomic E-state index is 0.129. The van der Waals surface area contributed by atoms with Gasteiger partial charge in [-0.1, -0.05) is 11.6 Å². The van der Waals surface area contributed by atoms with E-state index in [-0.39, 0.29) is 11.8 Å². The molecule has 0 amide bonds. The fraction of sp³-hybridized carbons (Fsp3) is 0.417. The van der Waals surface area contributed by atoms with Gasteiger partial charge in [-0.05, 0) is 43.0 Å². The number of aliphatic imine (C=N–C) groups is 1. The van der Waals surface area contributed by atoms with Crippen LogP contribution < -0.4 is 5.73 Å². The van der Waals surface area contributed by atoms with Gasteiger partial charge in [0.25, 0.3) is 0 Å². The summed E-state index contributed by atoms with van der Waals surface area (Å²) in [5, 5.41) is 0.628. The average molecular weight is 239 g/mol. The number of nitrogens with two attached hydrogens (primary N) is 1. The molecule has 3 rings (SSSR count). The van der Waals surface area contributed by atoms with E-state index in [4.69, 9.17) is 17.3 Å². The van der Waals surface area contributed by atoms with Gasteiger partial charge in [-0.3, -0.25) is 0 Å². The Bertz CT molecular complexity index is 486. The van der Waals surface area contributed by atoms with E-state index in [1.807, 2.05) is 12.1 Å². The van der Waals surface area contributed by atoms with Crippen molar-refractivity contribution in [2.45, 2.75) is 30.8 Å². The number of alkyl halides is 1. The second-order valence-electron chi connectivity index (χ2n) is 4.51. The standard InChI is InChI=1S/C12H12ClFN2/c13-7-3-4-10-8(6-7)9-2-1-5-12(9,14)11(15)16-10/h3-4,6,9H,1-2,5H2,(H2,15,16). The molecule has 0 bridgehead atoms. The van der Waals surface area contributed by atoms with Crippen molar-refractivity contribution in [3.63, 3.8) is 0 Å². The van der Waals surface area contributed by atoms with E-state index in [1.165, 1.54) is 0 Å². The van der Waals surface area contributed by atoms with Crippen molar-refractivity contribution in [1.29, 1.82) is 0 Å². The first-order chi connectivity index (χ1) is 7.61. The number of hydrogen-bond acceptors (Lipinski definition) is 2. The zero-order chi connectivity index (χ0) is 11.3. The summed E-state index contributed by atoms with van der Waals surface area (Å²) in [6.45, 7) is 0. The predicted octanol–water partition coefficient (Wildman–Crippen LogP) is 3.32. The van der Waals surface area contributed by atoms with Crippen molar-refractivity contribution in [2.75, 3.05) is 0 Å². The van der Waals surface area contributed by atoms with Crippen LogP contribution in [0.2, 0.25) is 5.02 Å². The van der Waals surface area contributed by atoms with Crippen LogP contribution in [0.4, 0.5) is 10.1 Å². The van der Waals surface area contributed by atoms with E-state index < -0.39 is 5.67 Å². The van der Waals surface area contributed by atoms with Crippen molar-refractivity contribution in [1.82, 2.24) is 0 Å². The summed E-state index contributed by atoms with van der Waals surface area (Å²) in [5.74, 6) is -0.0384. The molecule has 1 aromatic rings. The molecule has 2 nitrogen and oxygen atoms in total. The number of amidine groups is 1. The van der Waals surface area contributed by atoms with Crippen LogP contribution in [0.25, 0.3) is 0 Å². The van der Waals surface area contributed by atoms with Gasteiger partial charge in [0.2, 0.25) is 0 Å². The second-order valence-corrected chi connectivity index (χ2v) is 4.94. The van der Waals surface area contributed by atoms with Crippen LogP contribution in [0.15, 0.2) is 23.2 Å². The summed E-state index contributed by atoms with van der Waals surface area (Å²) in [6, 6.07) is 5.39. The lowest BCUT2D eigenvalue weighted by Crippen LogP contribution is -2.43. The summed E-state index contributed by atoms with van der Waals surface area (Å²) in [7, 11) is 0. The van der Waals surface area contributed by atoms with Crippen LogP contribution in [0.1, 0.15) is 30.7 Å². The molecule has 1 saturated carbocycles. The first-order valence-electron chi connectivity index (χ1n) is 5.44. The third kappa shape index (κ3) is 1.21. The molecule has 2 unspecified atom stereocenters.